The average Bonchev–Trinajstić information content (AvgIpc) is 2.91. The Bertz CT molecular complexity index is 494. The molecule has 0 aliphatic rings. The van der Waals surface area contributed by atoms with Gasteiger partial charge in [0, 0.05) is 38.6 Å². The van der Waals surface area contributed by atoms with Gasteiger partial charge in [-0.05, 0) is 19.8 Å². The summed E-state index contributed by atoms with van der Waals surface area (Å²) in [6.07, 6.45) is 7.85. The lowest BCUT2D eigenvalue weighted by molar-refractivity contribution is 0.620. The van der Waals surface area contributed by atoms with Gasteiger partial charge < -0.3 is 15.2 Å². The van der Waals surface area contributed by atoms with Crippen molar-refractivity contribution in [3.05, 3.63) is 30.6 Å². The molecule has 0 aromatic carbocycles. The van der Waals surface area contributed by atoms with Gasteiger partial charge in [-0.15, -0.1) is 0 Å². The highest BCUT2D eigenvalue weighted by atomic mass is 15.1. The summed E-state index contributed by atoms with van der Waals surface area (Å²) in [4.78, 5) is 12.6. The van der Waals surface area contributed by atoms with Crippen LogP contribution in [0.1, 0.15) is 18.7 Å². The highest BCUT2D eigenvalue weighted by Crippen LogP contribution is 2.10. The Balaban J connectivity index is 1.72. The summed E-state index contributed by atoms with van der Waals surface area (Å²) in [5.74, 6) is 2.49. The van der Waals surface area contributed by atoms with E-state index >= 15 is 0 Å². The molecule has 19 heavy (non-hydrogen) atoms. The molecule has 0 aliphatic heterocycles. The Kier molecular flexibility index (Phi) is 4.72. The maximum absolute atomic E-state index is 4.35. The molecule has 0 fully saturated rings. The fourth-order valence-corrected chi connectivity index (χ4v) is 1.84. The zero-order valence-electron chi connectivity index (χ0n) is 11.4. The van der Waals surface area contributed by atoms with Crippen LogP contribution in [0.25, 0.3) is 0 Å². The van der Waals surface area contributed by atoms with Crippen LogP contribution in [-0.2, 0) is 6.54 Å². The molecule has 0 saturated heterocycles. The molecule has 0 bridgehead atoms. The van der Waals surface area contributed by atoms with E-state index in [4.69, 9.17) is 0 Å². The van der Waals surface area contributed by atoms with Crippen LogP contribution in [0.3, 0.4) is 0 Å². The van der Waals surface area contributed by atoms with Crippen LogP contribution in [-0.4, -0.2) is 33.1 Å². The minimum atomic E-state index is 0.771. The molecule has 0 radical (unpaired) electrons. The van der Waals surface area contributed by atoms with Crippen LogP contribution < -0.4 is 10.6 Å². The van der Waals surface area contributed by atoms with Gasteiger partial charge in [0.1, 0.15) is 17.5 Å². The quantitative estimate of drug-likeness (QED) is 0.744. The van der Waals surface area contributed by atoms with E-state index in [-0.39, 0.29) is 0 Å². The third-order valence-corrected chi connectivity index (χ3v) is 2.80. The number of unbranched alkanes of at least 4 members (excludes halogenated alkanes) is 1. The van der Waals surface area contributed by atoms with Crippen LogP contribution in [0.15, 0.2) is 24.8 Å². The van der Waals surface area contributed by atoms with Crippen molar-refractivity contribution in [1.29, 1.82) is 0 Å². The average molecular weight is 260 g/mol. The zero-order valence-corrected chi connectivity index (χ0v) is 11.4. The smallest absolute Gasteiger partial charge is 0.131 e. The second-order valence-corrected chi connectivity index (χ2v) is 4.37. The van der Waals surface area contributed by atoms with E-state index in [1.165, 1.54) is 0 Å². The van der Waals surface area contributed by atoms with E-state index in [1.807, 2.05) is 32.6 Å². The molecule has 2 heterocycles. The van der Waals surface area contributed by atoms with Crippen LogP contribution in [0, 0.1) is 6.92 Å². The van der Waals surface area contributed by atoms with Gasteiger partial charge >= 0.3 is 0 Å². The first-order valence-electron chi connectivity index (χ1n) is 6.51. The largest absolute Gasteiger partial charge is 0.373 e. The maximum Gasteiger partial charge on any atom is 0.131 e. The molecule has 0 unspecified atom stereocenters. The molecule has 102 valence electrons. The monoisotopic (exact) mass is 260 g/mol. The zero-order chi connectivity index (χ0) is 13.5. The molecule has 0 atom stereocenters. The molecule has 6 heteroatoms. The van der Waals surface area contributed by atoms with Gasteiger partial charge in [0.05, 0.1) is 6.33 Å². The molecule has 0 spiro atoms. The van der Waals surface area contributed by atoms with E-state index in [0.29, 0.717) is 0 Å². The predicted molar refractivity (Wildman–Crippen MR) is 76.3 cm³/mol. The fourth-order valence-electron chi connectivity index (χ4n) is 1.84. The highest BCUT2D eigenvalue weighted by Gasteiger charge is 1.99. The molecule has 0 amide bonds. The first-order valence-corrected chi connectivity index (χ1v) is 6.51. The number of nitrogens with zero attached hydrogens (tertiary/aromatic N) is 4. The number of aromatic nitrogens is 4. The minimum Gasteiger partial charge on any atom is -0.373 e. The number of imidazole rings is 1. The van der Waals surface area contributed by atoms with Gasteiger partial charge in [-0.2, -0.15) is 0 Å². The number of aryl methyl sites for hydroxylation is 2. The van der Waals surface area contributed by atoms with Gasteiger partial charge in [0.2, 0.25) is 0 Å². The van der Waals surface area contributed by atoms with E-state index in [0.717, 1.165) is 43.4 Å². The van der Waals surface area contributed by atoms with Gasteiger partial charge in [0.25, 0.3) is 0 Å². The summed E-state index contributed by atoms with van der Waals surface area (Å²) in [5, 5.41) is 6.35. The first kappa shape index (κ1) is 13.3. The fraction of sp³-hybridized carbons (Fsp3) is 0.462. The Morgan fingerprint density at radius 2 is 2.05 bits per heavy atom. The standard InChI is InChI=1S/C13H20N6/c1-11-17-12(14-2)9-13(18-11)16-5-3-4-7-19-8-6-15-10-19/h6,8-10H,3-5,7H2,1-2H3,(H2,14,16,17,18). The lowest BCUT2D eigenvalue weighted by atomic mass is 10.3. The van der Waals surface area contributed by atoms with Crippen molar-refractivity contribution in [3.8, 4) is 0 Å². The number of hydrogen-bond acceptors (Lipinski definition) is 5. The van der Waals surface area contributed by atoms with Crippen LogP contribution >= 0.6 is 0 Å². The molecule has 0 aliphatic carbocycles. The summed E-state index contributed by atoms with van der Waals surface area (Å²) in [7, 11) is 1.86. The Hall–Kier alpha value is -2.11. The number of rotatable bonds is 7. The summed E-state index contributed by atoms with van der Waals surface area (Å²) in [6, 6.07) is 1.92. The summed E-state index contributed by atoms with van der Waals surface area (Å²) in [6.45, 7) is 3.81. The van der Waals surface area contributed by atoms with Gasteiger partial charge in [-0.3, -0.25) is 0 Å². The molecular weight excluding hydrogens is 240 g/mol. The lowest BCUT2D eigenvalue weighted by Gasteiger charge is -2.08. The van der Waals surface area contributed by atoms with Gasteiger partial charge in [-0.25, -0.2) is 15.0 Å². The number of hydrogen-bond donors (Lipinski definition) is 2. The van der Waals surface area contributed by atoms with E-state index in [2.05, 4.69) is 30.2 Å². The Morgan fingerprint density at radius 3 is 2.79 bits per heavy atom. The molecule has 2 aromatic heterocycles. The van der Waals surface area contributed by atoms with Crippen molar-refractivity contribution >= 4 is 11.6 Å². The summed E-state index contributed by atoms with van der Waals surface area (Å²) < 4.78 is 2.09. The number of anilines is 2. The highest BCUT2D eigenvalue weighted by molar-refractivity contribution is 5.46. The van der Waals surface area contributed by atoms with Crippen molar-refractivity contribution in [2.75, 3.05) is 24.2 Å². The Morgan fingerprint density at radius 1 is 1.21 bits per heavy atom. The molecule has 6 nitrogen and oxygen atoms in total. The topological polar surface area (TPSA) is 67.7 Å². The lowest BCUT2D eigenvalue weighted by Crippen LogP contribution is -2.07. The van der Waals surface area contributed by atoms with Crippen molar-refractivity contribution in [2.45, 2.75) is 26.3 Å². The van der Waals surface area contributed by atoms with Gasteiger partial charge in [-0.1, -0.05) is 0 Å². The molecule has 0 saturated carbocycles. The minimum absolute atomic E-state index is 0.771. The van der Waals surface area contributed by atoms with Crippen molar-refractivity contribution in [2.24, 2.45) is 0 Å². The van der Waals surface area contributed by atoms with Crippen LogP contribution in [0.4, 0.5) is 11.6 Å². The Labute approximate surface area is 113 Å². The molecule has 2 N–H and O–H groups in total. The predicted octanol–water partition coefficient (Wildman–Crippen LogP) is 1.92. The first-order chi connectivity index (χ1) is 9.28. The molecular formula is C13H20N6. The normalized spacial score (nSPS) is 10.4. The third-order valence-electron chi connectivity index (χ3n) is 2.80. The maximum atomic E-state index is 4.35. The van der Waals surface area contributed by atoms with Crippen molar-refractivity contribution in [3.63, 3.8) is 0 Å². The molecule has 2 aromatic rings. The van der Waals surface area contributed by atoms with E-state index in [9.17, 15) is 0 Å². The van der Waals surface area contributed by atoms with Crippen LogP contribution in [0.2, 0.25) is 0 Å². The second-order valence-electron chi connectivity index (χ2n) is 4.37. The molecule has 2 rings (SSSR count). The summed E-state index contributed by atoms with van der Waals surface area (Å²) in [5.41, 5.74) is 0. The number of nitrogens with one attached hydrogen (secondary N) is 2. The van der Waals surface area contributed by atoms with Gasteiger partial charge in [0.15, 0.2) is 0 Å². The van der Waals surface area contributed by atoms with Crippen molar-refractivity contribution in [1.82, 2.24) is 19.5 Å². The second kappa shape index (κ2) is 6.72. The summed E-state index contributed by atoms with van der Waals surface area (Å²) >= 11 is 0. The third kappa shape index (κ3) is 4.24. The van der Waals surface area contributed by atoms with E-state index < -0.39 is 0 Å². The van der Waals surface area contributed by atoms with E-state index in [1.54, 1.807) is 6.20 Å². The van der Waals surface area contributed by atoms with Crippen molar-refractivity contribution < 1.29 is 0 Å². The SMILES string of the molecule is CNc1cc(NCCCCn2ccnc2)nc(C)n1. The van der Waals surface area contributed by atoms with Crippen LogP contribution in [0.5, 0.6) is 0 Å².